The molecule has 0 fully saturated rings. The number of rotatable bonds is 6. The zero-order valence-corrected chi connectivity index (χ0v) is 13.4. The van der Waals surface area contributed by atoms with Gasteiger partial charge < -0.3 is 5.73 Å². The van der Waals surface area contributed by atoms with E-state index in [1.54, 1.807) is 12.1 Å². The van der Waals surface area contributed by atoms with E-state index in [2.05, 4.69) is 4.72 Å². The molecule has 0 unspecified atom stereocenters. The van der Waals surface area contributed by atoms with Crippen LogP contribution in [0.15, 0.2) is 29.2 Å². The van der Waals surface area contributed by atoms with Gasteiger partial charge in [0.2, 0.25) is 10.0 Å². The van der Waals surface area contributed by atoms with Gasteiger partial charge in [0.25, 0.3) is 0 Å². The van der Waals surface area contributed by atoms with Crippen LogP contribution in [-0.2, 0) is 10.0 Å². The minimum atomic E-state index is -3.56. The minimum absolute atomic E-state index is 0. The van der Waals surface area contributed by atoms with Crippen LogP contribution < -0.4 is 10.5 Å². The lowest BCUT2D eigenvalue weighted by molar-refractivity contribution is 0.363. The number of nitrogens with one attached hydrogen (secondary N) is 1. The van der Waals surface area contributed by atoms with Crippen LogP contribution in [0.4, 0.5) is 0 Å². The standard InChI is InChI=1S/C12H19ClN2O2S.ClH/c1-3-12(4-2,9-14)15-18(16,17)11-7-5-10(13)6-8-11;/h5-8,15H,3-4,9,14H2,1-2H3;1H. The molecule has 1 rings (SSSR count). The van der Waals surface area contributed by atoms with Crippen molar-refractivity contribution in [2.45, 2.75) is 37.1 Å². The average Bonchev–Trinajstić information content (AvgIpc) is 2.37. The van der Waals surface area contributed by atoms with E-state index in [0.717, 1.165) is 0 Å². The van der Waals surface area contributed by atoms with Crippen molar-refractivity contribution in [2.75, 3.05) is 6.54 Å². The molecule has 0 radical (unpaired) electrons. The molecule has 0 atom stereocenters. The molecular weight excluding hydrogens is 307 g/mol. The summed E-state index contributed by atoms with van der Waals surface area (Å²) in [6.45, 7) is 4.11. The fourth-order valence-electron chi connectivity index (χ4n) is 1.68. The number of nitrogens with two attached hydrogens (primary N) is 1. The normalized spacial score (nSPS) is 12.0. The van der Waals surface area contributed by atoms with Crippen LogP contribution in [0.25, 0.3) is 0 Å². The lowest BCUT2D eigenvalue weighted by atomic mass is 9.95. The molecule has 110 valence electrons. The van der Waals surface area contributed by atoms with E-state index < -0.39 is 15.6 Å². The maximum atomic E-state index is 12.2. The van der Waals surface area contributed by atoms with E-state index in [0.29, 0.717) is 17.9 Å². The molecule has 0 heterocycles. The summed E-state index contributed by atoms with van der Waals surface area (Å²) in [6.07, 6.45) is 1.29. The molecular formula is C12H20Cl2N2O2S. The summed E-state index contributed by atoms with van der Waals surface area (Å²) in [5.74, 6) is 0. The van der Waals surface area contributed by atoms with Gasteiger partial charge in [-0.3, -0.25) is 0 Å². The van der Waals surface area contributed by atoms with Crippen LogP contribution in [0.2, 0.25) is 5.02 Å². The molecule has 0 aliphatic heterocycles. The van der Waals surface area contributed by atoms with Gasteiger partial charge in [-0.25, -0.2) is 13.1 Å². The largest absolute Gasteiger partial charge is 0.329 e. The van der Waals surface area contributed by atoms with Gasteiger partial charge in [-0.05, 0) is 37.1 Å². The molecule has 0 aromatic heterocycles. The molecule has 0 aliphatic rings. The van der Waals surface area contributed by atoms with Gasteiger partial charge >= 0.3 is 0 Å². The van der Waals surface area contributed by atoms with E-state index in [-0.39, 0.29) is 23.8 Å². The van der Waals surface area contributed by atoms with Crippen LogP contribution in [0.1, 0.15) is 26.7 Å². The van der Waals surface area contributed by atoms with E-state index in [1.165, 1.54) is 12.1 Å². The zero-order chi connectivity index (χ0) is 13.8. The molecule has 0 saturated heterocycles. The second-order valence-electron chi connectivity index (χ2n) is 4.25. The predicted octanol–water partition coefficient (Wildman–Crippen LogP) is 2.56. The average molecular weight is 327 g/mol. The van der Waals surface area contributed by atoms with E-state index in [1.807, 2.05) is 13.8 Å². The van der Waals surface area contributed by atoms with E-state index in [4.69, 9.17) is 17.3 Å². The van der Waals surface area contributed by atoms with Gasteiger partial charge in [-0.15, -0.1) is 12.4 Å². The van der Waals surface area contributed by atoms with Crippen LogP contribution in [0, 0.1) is 0 Å². The fraction of sp³-hybridized carbons (Fsp3) is 0.500. The Kier molecular flexibility index (Phi) is 7.32. The minimum Gasteiger partial charge on any atom is -0.329 e. The maximum Gasteiger partial charge on any atom is 0.241 e. The Morgan fingerprint density at radius 2 is 1.68 bits per heavy atom. The SMILES string of the molecule is CCC(CC)(CN)NS(=O)(=O)c1ccc(Cl)cc1.Cl. The highest BCUT2D eigenvalue weighted by Gasteiger charge is 2.30. The first-order chi connectivity index (χ1) is 8.39. The molecule has 0 bridgehead atoms. The Bertz CT molecular complexity index is 477. The van der Waals surface area contributed by atoms with Crippen molar-refractivity contribution in [1.29, 1.82) is 0 Å². The number of benzene rings is 1. The highest BCUT2D eigenvalue weighted by atomic mass is 35.5. The number of hydrogen-bond donors (Lipinski definition) is 2. The topological polar surface area (TPSA) is 72.2 Å². The van der Waals surface area contributed by atoms with Crippen molar-refractivity contribution < 1.29 is 8.42 Å². The van der Waals surface area contributed by atoms with Crippen LogP contribution in [0.5, 0.6) is 0 Å². The van der Waals surface area contributed by atoms with E-state index in [9.17, 15) is 8.42 Å². The van der Waals surface area contributed by atoms with Gasteiger partial charge in [0, 0.05) is 17.1 Å². The van der Waals surface area contributed by atoms with Crippen molar-refractivity contribution in [3.63, 3.8) is 0 Å². The van der Waals surface area contributed by atoms with E-state index >= 15 is 0 Å². The fourth-order valence-corrected chi connectivity index (χ4v) is 3.36. The second-order valence-corrected chi connectivity index (χ2v) is 6.37. The summed E-state index contributed by atoms with van der Waals surface area (Å²) in [5, 5.41) is 0.505. The van der Waals surface area contributed by atoms with Gasteiger partial charge in [0.1, 0.15) is 0 Å². The number of sulfonamides is 1. The zero-order valence-electron chi connectivity index (χ0n) is 11.0. The second kappa shape index (κ2) is 7.45. The molecule has 0 spiro atoms. The van der Waals surface area contributed by atoms with Crippen molar-refractivity contribution in [3.05, 3.63) is 29.3 Å². The summed E-state index contributed by atoms with van der Waals surface area (Å²) in [5.41, 5.74) is 5.11. The Hall–Kier alpha value is -0.330. The summed E-state index contributed by atoms with van der Waals surface area (Å²) in [4.78, 5) is 0.201. The van der Waals surface area contributed by atoms with Gasteiger partial charge in [0.05, 0.1) is 4.90 Å². The van der Waals surface area contributed by atoms with Crippen LogP contribution in [0.3, 0.4) is 0 Å². The Morgan fingerprint density at radius 3 is 2.05 bits per heavy atom. The first-order valence-corrected chi connectivity index (χ1v) is 7.75. The van der Waals surface area contributed by atoms with Crippen molar-refractivity contribution in [2.24, 2.45) is 5.73 Å². The Balaban J connectivity index is 0.00000324. The molecule has 7 heteroatoms. The maximum absolute atomic E-state index is 12.2. The smallest absolute Gasteiger partial charge is 0.241 e. The molecule has 0 saturated carbocycles. The molecule has 1 aromatic rings. The molecule has 0 amide bonds. The molecule has 0 aliphatic carbocycles. The summed E-state index contributed by atoms with van der Waals surface area (Å²) >= 11 is 5.74. The quantitative estimate of drug-likeness (QED) is 0.843. The third-order valence-electron chi connectivity index (χ3n) is 3.22. The molecule has 3 N–H and O–H groups in total. The Labute approximate surface area is 126 Å². The predicted molar refractivity (Wildman–Crippen MR) is 81.4 cm³/mol. The number of hydrogen-bond acceptors (Lipinski definition) is 3. The summed E-state index contributed by atoms with van der Waals surface area (Å²) < 4.78 is 27.1. The molecule has 1 aromatic carbocycles. The first kappa shape index (κ1) is 18.7. The van der Waals surface area contributed by atoms with Crippen molar-refractivity contribution >= 4 is 34.0 Å². The first-order valence-electron chi connectivity index (χ1n) is 5.89. The van der Waals surface area contributed by atoms with Crippen LogP contribution >= 0.6 is 24.0 Å². The van der Waals surface area contributed by atoms with Gasteiger partial charge in [-0.2, -0.15) is 0 Å². The Morgan fingerprint density at radius 1 is 1.21 bits per heavy atom. The third kappa shape index (κ3) is 4.61. The number of halogens is 2. The molecule has 4 nitrogen and oxygen atoms in total. The van der Waals surface area contributed by atoms with Crippen LogP contribution in [-0.4, -0.2) is 20.5 Å². The van der Waals surface area contributed by atoms with Crippen molar-refractivity contribution in [1.82, 2.24) is 4.72 Å². The lowest BCUT2D eigenvalue weighted by Gasteiger charge is -2.30. The van der Waals surface area contributed by atoms with Gasteiger partial charge in [0.15, 0.2) is 0 Å². The summed E-state index contributed by atoms with van der Waals surface area (Å²) in [7, 11) is -3.56. The third-order valence-corrected chi connectivity index (χ3v) is 5.07. The highest BCUT2D eigenvalue weighted by molar-refractivity contribution is 7.89. The highest BCUT2D eigenvalue weighted by Crippen LogP contribution is 2.20. The monoisotopic (exact) mass is 326 g/mol. The lowest BCUT2D eigenvalue weighted by Crippen LogP contribution is -2.52. The molecule has 19 heavy (non-hydrogen) atoms. The summed E-state index contributed by atoms with van der Waals surface area (Å²) in [6, 6.07) is 6.07. The van der Waals surface area contributed by atoms with Crippen molar-refractivity contribution in [3.8, 4) is 0 Å². The van der Waals surface area contributed by atoms with Gasteiger partial charge in [-0.1, -0.05) is 25.4 Å².